The fraction of sp³-hybridized carbons (Fsp3) is 0.462. The zero-order valence-electron chi connectivity index (χ0n) is 21.2. The Labute approximate surface area is 232 Å². The van der Waals surface area contributed by atoms with Crippen LogP contribution in [0.4, 0.5) is 10.5 Å². The van der Waals surface area contributed by atoms with Gasteiger partial charge in [-0.1, -0.05) is 47.8 Å². The third-order valence-corrected chi connectivity index (χ3v) is 7.84. The fourth-order valence-electron chi connectivity index (χ4n) is 4.06. The number of anilines is 1. The van der Waals surface area contributed by atoms with Crippen LogP contribution in [0.5, 0.6) is 11.5 Å². The molecule has 1 aliphatic heterocycles. The number of aromatic amines is 1. The van der Waals surface area contributed by atoms with Gasteiger partial charge >= 0.3 is 6.09 Å². The molecule has 0 atom stereocenters. The van der Waals surface area contributed by atoms with Crippen LogP contribution in [0.2, 0.25) is 0 Å². The summed E-state index contributed by atoms with van der Waals surface area (Å²) in [6.07, 6.45) is 0.183. The van der Waals surface area contributed by atoms with Crippen molar-refractivity contribution in [1.82, 2.24) is 20.2 Å². The minimum absolute atomic E-state index is 0.360. The maximum atomic E-state index is 12.1. The average molecular weight is 569 g/mol. The van der Waals surface area contributed by atoms with Crippen molar-refractivity contribution in [3.05, 3.63) is 48.3 Å². The number of hydrogen-bond acceptors (Lipinski definition) is 6. The molecule has 2 aromatic carbocycles. The molecule has 2 heterocycles. The minimum atomic E-state index is -1.68. The summed E-state index contributed by atoms with van der Waals surface area (Å²) >= 11 is 17.7. The van der Waals surface area contributed by atoms with Crippen molar-refractivity contribution in [2.24, 2.45) is 0 Å². The first-order valence-corrected chi connectivity index (χ1v) is 13.4. The van der Waals surface area contributed by atoms with E-state index in [-0.39, 0.29) is 0 Å². The molecule has 0 spiro atoms. The van der Waals surface area contributed by atoms with Gasteiger partial charge in [0, 0.05) is 39.1 Å². The number of rotatable bonds is 8. The monoisotopic (exact) mass is 567 g/mol. The highest BCUT2D eigenvalue weighted by Gasteiger charge is 2.42. The zero-order valence-corrected chi connectivity index (χ0v) is 23.5. The van der Waals surface area contributed by atoms with Gasteiger partial charge < -0.3 is 24.7 Å². The van der Waals surface area contributed by atoms with Gasteiger partial charge in [0.15, 0.2) is 0 Å². The Morgan fingerprint density at radius 2 is 1.73 bits per heavy atom. The second-order valence-electron chi connectivity index (χ2n) is 9.50. The number of aryl methyl sites for hydroxylation is 1. The number of fused-ring (bicyclic) bond motifs is 1. The van der Waals surface area contributed by atoms with E-state index in [1.807, 2.05) is 0 Å². The molecule has 37 heavy (non-hydrogen) atoms. The summed E-state index contributed by atoms with van der Waals surface area (Å²) in [5, 5.41) is 2.55. The van der Waals surface area contributed by atoms with Crippen LogP contribution in [-0.4, -0.2) is 69.6 Å². The molecule has 11 heteroatoms. The maximum Gasteiger partial charge on any atom is 0.413 e. The molecule has 4 rings (SSSR count). The van der Waals surface area contributed by atoms with E-state index in [9.17, 15) is 4.79 Å². The molecule has 0 saturated carbocycles. The Hall–Kier alpha value is -2.39. The number of H-pyrrole nitrogens is 1. The fourth-order valence-corrected chi connectivity index (χ4v) is 4.20. The highest BCUT2D eigenvalue weighted by Crippen LogP contribution is 2.37. The Balaban J connectivity index is 1.21. The van der Waals surface area contributed by atoms with Gasteiger partial charge in [0.2, 0.25) is 3.79 Å². The topological polar surface area (TPSA) is 82.7 Å². The Morgan fingerprint density at radius 1 is 1.05 bits per heavy atom. The number of ether oxygens (including phenoxy) is 2. The first-order valence-electron chi connectivity index (χ1n) is 12.3. The van der Waals surface area contributed by atoms with Gasteiger partial charge in [-0.25, -0.2) is 9.78 Å². The SMILES string of the molecule is CCc1nc2c(N3CCN(CCOc4ccc(OC(=O)NC(C)(C)C(Cl)(Cl)Cl)cc4)CC3)cccc2[nH]1. The van der Waals surface area contributed by atoms with Crippen molar-refractivity contribution in [3.63, 3.8) is 0 Å². The standard InChI is InChI=1S/C26H32Cl3N5O3/c1-4-22-30-20-6-5-7-21(23(20)31-22)34-14-12-33(13-15-34)16-17-36-18-8-10-19(11-9-18)37-24(35)32-25(2,3)26(27,28)29/h5-11H,4,12-17H2,1-3H3,(H,30,31)(H,32,35). The Kier molecular flexibility index (Phi) is 8.63. The molecule has 2 N–H and O–H groups in total. The van der Waals surface area contributed by atoms with Crippen molar-refractivity contribution in [1.29, 1.82) is 0 Å². The van der Waals surface area contributed by atoms with E-state index in [4.69, 9.17) is 49.3 Å². The van der Waals surface area contributed by atoms with Crippen LogP contribution in [0, 0.1) is 0 Å². The summed E-state index contributed by atoms with van der Waals surface area (Å²) in [7, 11) is 0. The molecule has 1 saturated heterocycles. The van der Waals surface area contributed by atoms with Crippen LogP contribution < -0.4 is 19.7 Å². The number of para-hydroxylation sites is 1. The van der Waals surface area contributed by atoms with Gasteiger partial charge in [-0.3, -0.25) is 4.90 Å². The Bertz CT molecular complexity index is 1200. The summed E-state index contributed by atoms with van der Waals surface area (Å²) in [4.78, 5) is 25.1. The van der Waals surface area contributed by atoms with Gasteiger partial charge in [-0.15, -0.1) is 0 Å². The smallest absolute Gasteiger partial charge is 0.413 e. The average Bonchev–Trinajstić information content (AvgIpc) is 3.28. The van der Waals surface area contributed by atoms with Gasteiger partial charge in [0.05, 0.1) is 16.7 Å². The second kappa shape index (κ2) is 11.6. The number of imidazole rings is 1. The molecule has 0 aliphatic carbocycles. The summed E-state index contributed by atoms with van der Waals surface area (Å²) in [5.41, 5.74) is 2.23. The molecule has 0 radical (unpaired) electrons. The number of carbonyl (C=O) groups is 1. The largest absolute Gasteiger partial charge is 0.492 e. The van der Waals surface area contributed by atoms with E-state index in [1.165, 1.54) is 5.69 Å². The molecule has 200 valence electrons. The molecule has 1 fully saturated rings. The lowest BCUT2D eigenvalue weighted by Crippen LogP contribution is -2.53. The number of halogens is 3. The molecule has 1 amide bonds. The summed E-state index contributed by atoms with van der Waals surface area (Å²) < 4.78 is 9.50. The molecular formula is C26H32Cl3N5O3. The normalized spacial score (nSPS) is 15.1. The van der Waals surface area contributed by atoms with Crippen LogP contribution in [0.3, 0.4) is 0 Å². The van der Waals surface area contributed by atoms with Crippen molar-refractivity contribution in [2.45, 2.75) is 36.5 Å². The zero-order chi connectivity index (χ0) is 26.6. The summed E-state index contributed by atoms with van der Waals surface area (Å²) in [6, 6.07) is 13.2. The third-order valence-electron chi connectivity index (χ3n) is 6.42. The Morgan fingerprint density at radius 3 is 2.38 bits per heavy atom. The number of alkyl halides is 3. The van der Waals surface area contributed by atoms with E-state index in [0.29, 0.717) is 18.1 Å². The first-order chi connectivity index (χ1) is 17.6. The van der Waals surface area contributed by atoms with Crippen molar-refractivity contribution in [2.75, 3.05) is 44.2 Å². The number of carbonyl (C=O) groups excluding carboxylic acids is 1. The molecule has 1 aliphatic rings. The van der Waals surface area contributed by atoms with Crippen LogP contribution in [0.1, 0.15) is 26.6 Å². The highest BCUT2D eigenvalue weighted by molar-refractivity contribution is 6.68. The van der Waals surface area contributed by atoms with Gasteiger partial charge in [0.1, 0.15) is 29.4 Å². The van der Waals surface area contributed by atoms with Gasteiger partial charge in [0.25, 0.3) is 0 Å². The van der Waals surface area contributed by atoms with E-state index >= 15 is 0 Å². The lowest BCUT2D eigenvalue weighted by atomic mass is 10.1. The molecule has 8 nitrogen and oxygen atoms in total. The van der Waals surface area contributed by atoms with Crippen molar-refractivity contribution < 1.29 is 14.3 Å². The van der Waals surface area contributed by atoms with Gasteiger partial charge in [-0.2, -0.15) is 0 Å². The van der Waals surface area contributed by atoms with E-state index in [0.717, 1.165) is 56.0 Å². The van der Waals surface area contributed by atoms with Crippen molar-refractivity contribution in [3.8, 4) is 11.5 Å². The number of nitrogens with zero attached hydrogens (tertiary/aromatic N) is 3. The quantitative estimate of drug-likeness (QED) is 0.346. The van der Waals surface area contributed by atoms with E-state index in [2.05, 4.69) is 45.2 Å². The number of amides is 1. The van der Waals surface area contributed by atoms with Crippen LogP contribution in [-0.2, 0) is 6.42 Å². The van der Waals surface area contributed by atoms with E-state index < -0.39 is 15.4 Å². The first kappa shape index (κ1) is 27.6. The number of piperazine rings is 1. The summed E-state index contributed by atoms with van der Waals surface area (Å²) in [5.74, 6) is 2.08. The predicted molar refractivity (Wildman–Crippen MR) is 150 cm³/mol. The highest BCUT2D eigenvalue weighted by atomic mass is 35.6. The minimum Gasteiger partial charge on any atom is -0.492 e. The number of hydrogen-bond donors (Lipinski definition) is 2. The van der Waals surface area contributed by atoms with Crippen LogP contribution in [0.15, 0.2) is 42.5 Å². The third kappa shape index (κ3) is 6.93. The van der Waals surface area contributed by atoms with Gasteiger partial charge in [-0.05, 0) is 50.2 Å². The van der Waals surface area contributed by atoms with Crippen LogP contribution in [0.25, 0.3) is 11.0 Å². The molecule has 0 unspecified atom stereocenters. The number of benzene rings is 2. The predicted octanol–water partition coefficient (Wildman–Crippen LogP) is 5.56. The lowest BCUT2D eigenvalue weighted by molar-refractivity contribution is 0.188. The molecule has 1 aromatic heterocycles. The molecule has 0 bridgehead atoms. The number of nitrogens with one attached hydrogen (secondary N) is 2. The molecular weight excluding hydrogens is 537 g/mol. The van der Waals surface area contributed by atoms with Crippen LogP contribution >= 0.6 is 34.8 Å². The summed E-state index contributed by atoms with van der Waals surface area (Å²) in [6.45, 7) is 10.5. The van der Waals surface area contributed by atoms with E-state index in [1.54, 1.807) is 38.1 Å². The number of aromatic nitrogens is 2. The molecule has 3 aromatic rings. The van der Waals surface area contributed by atoms with Crippen molar-refractivity contribution >= 4 is 57.6 Å². The lowest BCUT2D eigenvalue weighted by Gasteiger charge is -2.36. The maximum absolute atomic E-state index is 12.1. The second-order valence-corrected chi connectivity index (χ2v) is 11.8.